The van der Waals surface area contributed by atoms with Crippen molar-refractivity contribution < 1.29 is 33.5 Å². The van der Waals surface area contributed by atoms with E-state index in [1.54, 1.807) is 47.0 Å². The lowest BCUT2D eigenvalue weighted by molar-refractivity contribution is -0.144. The summed E-state index contributed by atoms with van der Waals surface area (Å²) in [5.41, 5.74) is 7.70. The quantitative estimate of drug-likeness (QED) is 0.0389. The highest BCUT2D eigenvalue weighted by molar-refractivity contribution is 7.13. The molecule has 4 aromatic heterocycles. The number of β-amino-alcohol motifs (C(OH)–C–C–N with tert-alkyl or cyclic N) is 1. The summed E-state index contributed by atoms with van der Waals surface area (Å²) in [5, 5.41) is 29.5. The number of aliphatic hydroxyl groups is 1. The number of aryl methyl sites for hydroxylation is 1. The zero-order chi connectivity index (χ0) is 54.2. The molecule has 0 radical (unpaired) electrons. The standard InChI is InChI=1S/C56H70FN13O6S/c1-35-49(77-34-61-35)38-14-12-36(13-15-38)28-60-53(74)45-27-41(71)32-70(45)55(76)50(56(2,3)4)66-48(73)11-9-7-5-6-8-10-47(72)58-20-21-67-22-24-68(25-23-67)54(75)39-18-19-43(42(57)26-39)64-51-52-59-31-46(40-29-62-63-30-40)69(52)33-44(65-51)37-16-17-37/h12-15,18-19,26,29-31,33-34,37,41,45,50,71H,5-11,16-17,20-25,27-28,32H2,1-4H3,(H,58,72)(H,60,74)(H,62,63)(H,64,65)(H,66,73)/t41-,45+,50-/m1/s1. The van der Waals surface area contributed by atoms with Gasteiger partial charge in [-0.05, 0) is 67.3 Å². The van der Waals surface area contributed by atoms with Gasteiger partial charge in [-0.3, -0.25) is 38.4 Å². The molecule has 0 unspecified atom stereocenters. The van der Waals surface area contributed by atoms with Crippen molar-refractivity contribution in [3.63, 3.8) is 0 Å². The van der Waals surface area contributed by atoms with Crippen LogP contribution in [0.3, 0.4) is 0 Å². The van der Waals surface area contributed by atoms with Crippen LogP contribution in [0, 0.1) is 18.2 Å². The van der Waals surface area contributed by atoms with Crippen LogP contribution in [0.4, 0.5) is 15.9 Å². The van der Waals surface area contributed by atoms with Crippen LogP contribution in [0.2, 0.25) is 0 Å². The number of benzene rings is 2. The summed E-state index contributed by atoms with van der Waals surface area (Å²) in [4.78, 5) is 87.0. The van der Waals surface area contributed by atoms with Crippen molar-refractivity contribution in [3.8, 4) is 21.7 Å². The number of carbonyl (C=O) groups excluding carboxylic acids is 5. The number of H-pyrrole nitrogens is 1. The molecule has 21 heteroatoms. The highest BCUT2D eigenvalue weighted by Gasteiger charge is 2.44. The predicted molar refractivity (Wildman–Crippen MR) is 292 cm³/mol. The highest BCUT2D eigenvalue weighted by Crippen LogP contribution is 2.41. The van der Waals surface area contributed by atoms with E-state index in [9.17, 15) is 29.1 Å². The van der Waals surface area contributed by atoms with E-state index in [4.69, 9.17) is 4.98 Å². The van der Waals surface area contributed by atoms with Gasteiger partial charge >= 0.3 is 0 Å². The average molecular weight is 1070 g/mol. The Bertz CT molecular complexity index is 3030. The maximum atomic E-state index is 15.7. The van der Waals surface area contributed by atoms with E-state index in [2.05, 4.69) is 46.3 Å². The van der Waals surface area contributed by atoms with Gasteiger partial charge < -0.3 is 36.2 Å². The van der Waals surface area contributed by atoms with E-state index < -0.39 is 35.3 Å². The molecule has 19 nitrogen and oxygen atoms in total. The van der Waals surface area contributed by atoms with E-state index >= 15 is 4.39 Å². The molecule has 6 aromatic rings. The third-order valence-corrected chi connectivity index (χ3v) is 15.7. The summed E-state index contributed by atoms with van der Waals surface area (Å²) >= 11 is 1.57. The Hall–Kier alpha value is -7.10. The third-order valence-electron chi connectivity index (χ3n) is 14.7. The van der Waals surface area contributed by atoms with Crippen LogP contribution in [-0.2, 0) is 25.7 Å². The topological polar surface area (TPSA) is 235 Å². The second kappa shape index (κ2) is 24.5. The summed E-state index contributed by atoms with van der Waals surface area (Å²) < 4.78 is 17.6. The number of rotatable bonds is 22. The predicted octanol–water partition coefficient (Wildman–Crippen LogP) is 6.73. The van der Waals surface area contributed by atoms with Crippen molar-refractivity contribution in [1.29, 1.82) is 0 Å². The number of unbranched alkanes of at least 4 members (excludes halogenated alkanes) is 4. The minimum Gasteiger partial charge on any atom is -0.391 e. The molecule has 6 heterocycles. The monoisotopic (exact) mass is 1070 g/mol. The fraction of sp³-hybridized carbons (Fsp3) is 0.482. The van der Waals surface area contributed by atoms with Crippen LogP contribution >= 0.6 is 11.3 Å². The maximum Gasteiger partial charge on any atom is 0.254 e. The number of anilines is 2. The number of aromatic nitrogens is 6. The molecule has 3 atom stereocenters. The Morgan fingerprint density at radius 2 is 1.64 bits per heavy atom. The SMILES string of the molecule is Cc1ncsc1-c1ccc(CNC(=O)[C@@H]2C[C@@H](O)CN2C(=O)[C@@H](NC(=O)CCCCCCCC(=O)NCCN2CCN(C(=O)c3ccc(Nc4nc(C5CC5)cn5c(-c6cn[nH]c6)cnc45)c(F)c3)CC2)C(C)(C)C)cc1. The normalized spacial score (nSPS) is 17.4. The Labute approximate surface area is 451 Å². The van der Waals surface area contributed by atoms with Crippen LogP contribution in [0.25, 0.3) is 27.3 Å². The minimum atomic E-state index is -0.893. The molecule has 3 fully saturated rings. The van der Waals surface area contributed by atoms with Gasteiger partial charge in [-0.25, -0.2) is 19.3 Å². The molecule has 0 bridgehead atoms. The zero-order valence-electron chi connectivity index (χ0n) is 44.3. The second-order valence-corrected chi connectivity index (χ2v) is 22.5. The van der Waals surface area contributed by atoms with Gasteiger partial charge in [0.1, 0.15) is 17.9 Å². The molecule has 2 aliphatic heterocycles. The Kier molecular flexibility index (Phi) is 17.4. The number of nitrogens with one attached hydrogen (secondary N) is 5. The summed E-state index contributed by atoms with van der Waals surface area (Å²) in [5.74, 6) is -1.05. The van der Waals surface area contributed by atoms with Crippen LogP contribution in [0.5, 0.6) is 0 Å². The van der Waals surface area contributed by atoms with Gasteiger partial charge in [0.05, 0.1) is 51.7 Å². The first-order valence-corrected chi connectivity index (χ1v) is 27.7. The number of aromatic amines is 1. The lowest BCUT2D eigenvalue weighted by atomic mass is 9.85. The number of imidazole rings is 1. The number of hydrogen-bond acceptors (Lipinski definition) is 13. The molecule has 3 aliphatic rings. The highest BCUT2D eigenvalue weighted by atomic mass is 32.1. The van der Waals surface area contributed by atoms with Gasteiger partial charge in [0.2, 0.25) is 23.6 Å². The van der Waals surface area contributed by atoms with E-state index in [1.165, 1.54) is 11.0 Å². The third kappa shape index (κ3) is 13.7. The first-order valence-electron chi connectivity index (χ1n) is 26.9. The van der Waals surface area contributed by atoms with Gasteiger partial charge in [0.15, 0.2) is 11.5 Å². The van der Waals surface area contributed by atoms with Gasteiger partial charge in [-0.15, -0.1) is 11.3 Å². The molecule has 5 amide bonds. The molecule has 2 saturated heterocycles. The molecule has 0 spiro atoms. The number of fused-ring (bicyclic) bond motifs is 1. The van der Waals surface area contributed by atoms with Crippen LogP contribution < -0.4 is 21.3 Å². The van der Waals surface area contributed by atoms with E-state index in [0.717, 1.165) is 77.2 Å². The number of aliphatic hydroxyl groups excluding tert-OH is 1. The van der Waals surface area contributed by atoms with E-state index in [-0.39, 0.29) is 60.8 Å². The summed E-state index contributed by atoms with van der Waals surface area (Å²) in [6, 6.07) is 10.6. The molecule has 1 aliphatic carbocycles. The molecule has 6 N–H and O–H groups in total. The maximum absolute atomic E-state index is 15.7. The van der Waals surface area contributed by atoms with E-state index in [0.29, 0.717) is 69.5 Å². The van der Waals surface area contributed by atoms with Gasteiger partial charge in [-0.1, -0.05) is 64.3 Å². The smallest absolute Gasteiger partial charge is 0.254 e. The van der Waals surface area contributed by atoms with Gasteiger partial charge in [0, 0.05) is 101 Å². The number of piperazine rings is 1. The number of thiazole rings is 1. The summed E-state index contributed by atoms with van der Waals surface area (Å²) in [6.07, 6.45) is 13.1. The van der Waals surface area contributed by atoms with Crippen molar-refractivity contribution in [3.05, 3.63) is 101 Å². The lowest BCUT2D eigenvalue weighted by Crippen LogP contribution is -2.57. The molecule has 77 heavy (non-hydrogen) atoms. The fourth-order valence-electron chi connectivity index (χ4n) is 10.1. The average Bonchev–Trinajstić information content (AvgIpc) is 3.74. The number of hydrogen-bond donors (Lipinski definition) is 6. The number of halogens is 1. The molecule has 9 rings (SSSR count). The van der Waals surface area contributed by atoms with E-state index in [1.807, 2.05) is 68.1 Å². The zero-order valence-corrected chi connectivity index (χ0v) is 45.1. The molecule has 2 aromatic carbocycles. The first-order chi connectivity index (χ1) is 37.1. The number of amides is 5. The van der Waals surface area contributed by atoms with Crippen LogP contribution in [0.15, 0.2) is 72.8 Å². The lowest BCUT2D eigenvalue weighted by Gasteiger charge is -2.35. The molecular weight excluding hydrogens is 1000 g/mol. The number of nitrogens with zero attached hydrogens (tertiary/aromatic N) is 8. The summed E-state index contributed by atoms with van der Waals surface area (Å²) in [7, 11) is 0. The van der Waals surface area contributed by atoms with Crippen molar-refractivity contribution >= 4 is 58.0 Å². The second-order valence-electron chi connectivity index (χ2n) is 21.6. The minimum absolute atomic E-state index is 0.00530. The fourth-order valence-corrected chi connectivity index (χ4v) is 10.9. The largest absolute Gasteiger partial charge is 0.391 e. The number of likely N-dealkylation sites (tertiary alicyclic amines) is 1. The molecule has 1 saturated carbocycles. The van der Waals surface area contributed by atoms with Crippen molar-refractivity contribution in [2.45, 2.75) is 123 Å². The first kappa shape index (κ1) is 54.7. The van der Waals surface area contributed by atoms with Crippen molar-refractivity contribution in [2.24, 2.45) is 5.41 Å². The molecule has 408 valence electrons. The van der Waals surface area contributed by atoms with Gasteiger partial charge in [0.25, 0.3) is 5.91 Å². The Balaban J connectivity index is 0.637. The van der Waals surface area contributed by atoms with Crippen molar-refractivity contribution in [1.82, 2.24) is 60.2 Å². The van der Waals surface area contributed by atoms with Crippen LogP contribution in [-0.4, -0.2) is 143 Å². The number of carbonyl (C=O) groups is 5. The van der Waals surface area contributed by atoms with Gasteiger partial charge in [-0.2, -0.15) is 5.10 Å². The Morgan fingerprint density at radius 1 is 0.896 bits per heavy atom. The summed E-state index contributed by atoms with van der Waals surface area (Å²) in [6.45, 7) is 11.2. The van der Waals surface area contributed by atoms with Crippen LogP contribution in [0.1, 0.15) is 118 Å². The molecular formula is C56H70FN13O6S. The van der Waals surface area contributed by atoms with Crippen molar-refractivity contribution in [2.75, 3.05) is 51.1 Å². The Morgan fingerprint density at radius 3 is 2.31 bits per heavy atom.